The zero-order valence-electron chi connectivity index (χ0n) is 18.9. The molecule has 3 heterocycles. The highest BCUT2D eigenvalue weighted by Crippen LogP contribution is 2.20. The van der Waals surface area contributed by atoms with Gasteiger partial charge in [0.25, 0.3) is 5.56 Å². The number of amides is 1. The number of carbonyl (C=O) groups is 1. The third-order valence-electron chi connectivity index (χ3n) is 5.63. The first-order chi connectivity index (χ1) is 16.6. The molecule has 0 radical (unpaired) electrons. The molecule has 0 aliphatic carbocycles. The van der Waals surface area contributed by atoms with Gasteiger partial charge in [0.05, 0.1) is 11.7 Å². The number of hydrogen-bond donors (Lipinski definition) is 3. The minimum absolute atomic E-state index is 0.109. The average Bonchev–Trinajstić information content (AvgIpc) is 2.89. The van der Waals surface area contributed by atoms with Crippen molar-refractivity contribution in [3.05, 3.63) is 113 Å². The summed E-state index contributed by atoms with van der Waals surface area (Å²) >= 11 is 0. The first kappa shape index (κ1) is 23.1. The summed E-state index contributed by atoms with van der Waals surface area (Å²) in [5.41, 5.74) is 3.40. The molecule has 0 spiro atoms. The second-order valence-electron chi connectivity index (χ2n) is 7.98. The quantitative estimate of drug-likeness (QED) is 0.354. The molecule has 1 amide bonds. The summed E-state index contributed by atoms with van der Waals surface area (Å²) in [6, 6.07) is 20.3. The van der Waals surface area contributed by atoms with Crippen molar-refractivity contribution < 1.29 is 4.79 Å². The third kappa shape index (κ3) is 5.82. The van der Waals surface area contributed by atoms with Gasteiger partial charge in [-0.05, 0) is 54.3 Å². The molecule has 0 aliphatic heterocycles. The Balaban J connectivity index is 1.60. The lowest BCUT2D eigenvalue weighted by molar-refractivity contribution is -0.118. The van der Waals surface area contributed by atoms with E-state index in [0.29, 0.717) is 6.42 Å². The number of aromatic amines is 1. The van der Waals surface area contributed by atoms with Crippen LogP contribution in [0.1, 0.15) is 30.6 Å². The number of H-pyrrole nitrogens is 1. The van der Waals surface area contributed by atoms with E-state index in [0.717, 1.165) is 28.8 Å². The van der Waals surface area contributed by atoms with Crippen LogP contribution < -0.4 is 16.2 Å². The Bertz CT molecular complexity index is 1260. The van der Waals surface area contributed by atoms with Crippen molar-refractivity contribution in [1.82, 2.24) is 20.3 Å². The Morgan fingerprint density at radius 3 is 2.44 bits per heavy atom. The maximum absolute atomic E-state index is 13.4. The molecule has 4 rings (SSSR count). The van der Waals surface area contributed by atoms with Gasteiger partial charge in [0.1, 0.15) is 5.69 Å². The first-order valence-electron chi connectivity index (χ1n) is 11.3. The van der Waals surface area contributed by atoms with Crippen LogP contribution in [0.4, 0.5) is 5.69 Å². The van der Waals surface area contributed by atoms with Crippen molar-refractivity contribution in [2.24, 2.45) is 0 Å². The molecule has 3 N–H and O–H groups in total. The highest BCUT2D eigenvalue weighted by atomic mass is 16.2. The number of rotatable bonds is 9. The van der Waals surface area contributed by atoms with E-state index in [-0.39, 0.29) is 23.2 Å². The van der Waals surface area contributed by atoms with E-state index in [1.807, 2.05) is 67.6 Å². The van der Waals surface area contributed by atoms with Gasteiger partial charge in [-0.2, -0.15) is 0 Å². The standard InChI is InChI=1S/C27H27N5O2/c1-2-22(23-10-6-7-13-29-23)31-24(16-19-8-4-3-5-9-19)27(34)32-25-17-21(18-30-26(25)33)20-11-14-28-15-12-20/h3-15,17-18,22,24,31H,2,16H2,1H3,(H,30,33)(H,32,34)/t22?,24-/m0/s1. The van der Waals surface area contributed by atoms with Gasteiger partial charge in [-0.3, -0.25) is 24.9 Å². The summed E-state index contributed by atoms with van der Waals surface area (Å²) in [7, 11) is 0. The number of benzene rings is 1. The highest BCUT2D eigenvalue weighted by molar-refractivity contribution is 5.95. The fraction of sp³-hybridized carbons (Fsp3) is 0.185. The van der Waals surface area contributed by atoms with Gasteiger partial charge >= 0.3 is 0 Å². The molecule has 1 aromatic carbocycles. The molecule has 172 valence electrons. The molecule has 1 unspecified atom stereocenters. The second kappa shape index (κ2) is 11.2. The molecule has 0 aliphatic rings. The molecule has 7 heteroatoms. The van der Waals surface area contributed by atoms with Gasteiger partial charge in [-0.25, -0.2) is 0 Å². The molecule has 2 atom stereocenters. The minimum Gasteiger partial charge on any atom is -0.327 e. The van der Waals surface area contributed by atoms with E-state index in [2.05, 4.69) is 25.6 Å². The van der Waals surface area contributed by atoms with E-state index >= 15 is 0 Å². The smallest absolute Gasteiger partial charge is 0.271 e. The van der Waals surface area contributed by atoms with Crippen molar-refractivity contribution in [3.63, 3.8) is 0 Å². The molecule has 0 saturated heterocycles. The number of pyridine rings is 3. The highest BCUT2D eigenvalue weighted by Gasteiger charge is 2.24. The zero-order valence-corrected chi connectivity index (χ0v) is 18.9. The lowest BCUT2D eigenvalue weighted by Gasteiger charge is -2.24. The molecule has 0 bridgehead atoms. The van der Waals surface area contributed by atoms with Crippen molar-refractivity contribution >= 4 is 11.6 Å². The summed E-state index contributed by atoms with van der Waals surface area (Å²) < 4.78 is 0. The molecule has 0 saturated carbocycles. The van der Waals surface area contributed by atoms with Crippen LogP contribution in [0.15, 0.2) is 96.3 Å². The molecular formula is C27H27N5O2. The number of aromatic nitrogens is 3. The summed E-state index contributed by atoms with van der Waals surface area (Å²) in [6.07, 6.45) is 7.96. The molecular weight excluding hydrogens is 426 g/mol. The topological polar surface area (TPSA) is 99.8 Å². The van der Waals surface area contributed by atoms with Crippen LogP contribution in [0.2, 0.25) is 0 Å². The van der Waals surface area contributed by atoms with Crippen LogP contribution >= 0.6 is 0 Å². The van der Waals surface area contributed by atoms with Gasteiger partial charge < -0.3 is 10.3 Å². The van der Waals surface area contributed by atoms with E-state index in [9.17, 15) is 9.59 Å². The minimum atomic E-state index is -0.571. The van der Waals surface area contributed by atoms with E-state index in [1.54, 1.807) is 30.9 Å². The Kier molecular flexibility index (Phi) is 7.57. The molecule has 7 nitrogen and oxygen atoms in total. The summed E-state index contributed by atoms with van der Waals surface area (Å²) in [5.74, 6) is -0.282. The summed E-state index contributed by atoms with van der Waals surface area (Å²) in [6.45, 7) is 2.05. The summed E-state index contributed by atoms with van der Waals surface area (Å²) in [5, 5.41) is 6.30. The van der Waals surface area contributed by atoms with Crippen molar-refractivity contribution in [3.8, 4) is 11.1 Å². The maximum Gasteiger partial charge on any atom is 0.271 e. The van der Waals surface area contributed by atoms with Gasteiger partial charge in [-0.1, -0.05) is 43.3 Å². The normalized spacial score (nSPS) is 12.6. The zero-order chi connectivity index (χ0) is 23.8. The Labute approximate surface area is 198 Å². The van der Waals surface area contributed by atoms with Crippen molar-refractivity contribution in [2.75, 3.05) is 5.32 Å². The Morgan fingerprint density at radius 2 is 1.74 bits per heavy atom. The van der Waals surface area contributed by atoms with Gasteiger partial charge in [-0.15, -0.1) is 0 Å². The maximum atomic E-state index is 13.4. The monoisotopic (exact) mass is 453 g/mol. The molecule has 4 aromatic rings. The molecule has 3 aromatic heterocycles. The lowest BCUT2D eigenvalue weighted by atomic mass is 10.0. The SMILES string of the molecule is CCC(N[C@@H](Cc1ccccc1)C(=O)Nc1cc(-c2ccncc2)c[nH]c1=O)c1ccccn1. The Hall–Kier alpha value is -4.10. The fourth-order valence-corrected chi connectivity index (χ4v) is 3.82. The van der Waals surface area contributed by atoms with E-state index < -0.39 is 6.04 Å². The van der Waals surface area contributed by atoms with Crippen LogP contribution in [0.25, 0.3) is 11.1 Å². The van der Waals surface area contributed by atoms with Gasteiger partial charge in [0.15, 0.2) is 0 Å². The predicted octanol–water partition coefficient (Wildman–Crippen LogP) is 4.12. The molecule has 0 fully saturated rings. The van der Waals surface area contributed by atoms with Crippen molar-refractivity contribution in [1.29, 1.82) is 0 Å². The average molecular weight is 454 g/mol. The third-order valence-corrected chi connectivity index (χ3v) is 5.63. The second-order valence-corrected chi connectivity index (χ2v) is 7.98. The largest absolute Gasteiger partial charge is 0.327 e. The van der Waals surface area contributed by atoms with Gasteiger partial charge in [0.2, 0.25) is 5.91 Å². The number of anilines is 1. The number of nitrogens with zero attached hydrogens (tertiary/aromatic N) is 2. The summed E-state index contributed by atoms with van der Waals surface area (Å²) in [4.78, 5) is 37.2. The van der Waals surface area contributed by atoms with E-state index in [4.69, 9.17) is 0 Å². The lowest BCUT2D eigenvalue weighted by Crippen LogP contribution is -2.44. The number of hydrogen-bond acceptors (Lipinski definition) is 5. The van der Waals surface area contributed by atoms with Crippen molar-refractivity contribution in [2.45, 2.75) is 31.8 Å². The fourth-order valence-electron chi connectivity index (χ4n) is 3.82. The first-order valence-corrected chi connectivity index (χ1v) is 11.3. The van der Waals surface area contributed by atoms with E-state index in [1.165, 1.54) is 0 Å². The van der Waals surface area contributed by atoms with Crippen LogP contribution in [-0.2, 0) is 11.2 Å². The number of carbonyl (C=O) groups excluding carboxylic acids is 1. The predicted molar refractivity (Wildman–Crippen MR) is 133 cm³/mol. The van der Waals surface area contributed by atoms with Crippen LogP contribution in [0, 0.1) is 0 Å². The van der Waals surface area contributed by atoms with Crippen LogP contribution in [0.3, 0.4) is 0 Å². The van der Waals surface area contributed by atoms with Crippen LogP contribution in [0.5, 0.6) is 0 Å². The molecule has 34 heavy (non-hydrogen) atoms. The van der Waals surface area contributed by atoms with Gasteiger partial charge in [0, 0.05) is 36.4 Å². The Morgan fingerprint density at radius 1 is 0.971 bits per heavy atom. The number of nitrogens with one attached hydrogen (secondary N) is 3. The van der Waals surface area contributed by atoms with Crippen LogP contribution in [-0.4, -0.2) is 26.9 Å².